The first-order chi connectivity index (χ1) is 9.58. The number of piperazine rings is 1. The average Bonchev–Trinajstić information content (AvgIpc) is 2.47. The van der Waals surface area contributed by atoms with Gasteiger partial charge in [0.05, 0.1) is 12.5 Å². The van der Waals surface area contributed by atoms with Gasteiger partial charge in [-0.3, -0.25) is 4.79 Å². The Labute approximate surface area is 118 Å². The zero-order valence-electron chi connectivity index (χ0n) is 11.3. The molecule has 2 atom stereocenters. The molecule has 0 spiro atoms. The molecule has 5 N–H and O–H groups in total. The fourth-order valence-electron chi connectivity index (χ4n) is 2.37. The van der Waals surface area contributed by atoms with Crippen LogP contribution in [-0.4, -0.2) is 48.4 Å². The third-order valence-corrected chi connectivity index (χ3v) is 3.47. The van der Waals surface area contributed by atoms with Gasteiger partial charge in [0.25, 0.3) is 0 Å². The summed E-state index contributed by atoms with van der Waals surface area (Å²) in [7, 11) is 0. The largest absolute Gasteiger partial charge is 0.390 e. The quantitative estimate of drug-likeness (QED) is 0.575. The van der Waals surface area contributed by atoms with E-state index in [-0.39, 0.29) is 6.42 Å². The van der Waals surface area contributed by atoms with Crippen molar-refractivity contribution in [1.29, 1.82) is 0 Å². The van der Waals surface area contributed by atoms with Crippen LogP contribution in [0.25, 0.3) is 0 Å². The van der Waals surface area contributed by atoms with E-state index in [1.54, 1.807) is 6.07 Å². The molecule has 1 heterocycles. The normalized spacial score (nSPS) is 18.6. The van der Waals surface area contributed by atoms with Gasteiger partial charge < -0.3 is 26.2 Å². The van der Waals surface area contributed by atoms with Gasteiger partial charge in [-0.15, -0.1) is 0 Å². The first-order valence-corrected chi connectivity index (χ1v) is 6.78. The molecule has 1 aromatic rings. The van der Waals surface area contributed by atoms with Crippen molar-refractivity contribution >= 4 is 11.6 Å². The second-order valence-electron chi connectivity index (χ2n) is 5.01. The van der Waals surface area contributed by atoms with Crippen molar-refractivity contribution < 1.29 is 15.0 Å². The molecule has 2 rings (SSSR count). The van der Waals surface area contributed by atoms with E-state index in [1.807, 2.05) is 18.2 Å². The molecule has 1 amide bonds. The molecule has 0 bridgehead atoms. The Morgan fingerprint density at radius 3 is 2.70 bits per heavy atom. The summed E-state index contributed by atoms with van der Waals surface area (Å²) in [5, 5.41) is 23.1. The maximum absolute atomic E-state index is 10.8. The third kappa shape index (κ3) is 3.69. The molecule has 1 fully saturated rings. The van der Waals surface area contributed by atoms with Gasteiger partial charge in [-0.1, -0.05) is 12.1 Å². The van der Waals surface area contributed by atoms with E-state index in [1.165, 1.54) is 0 Å². The summed E-state index contributed by atoms with van der Waals surface area (Å²) in [5.74, 6) is -0.630. The van der Waals surface area contributed by atoms with Crippen LogP contribution >= 0.6 is 0 Å². The van der Waals surface area contributed by atoms with E-state index in [0.717, 1.165) is 31.9 Å². The van der Waals surface area contributed by atoms with Crippen molar-refractivity contribution in [2.45, 2.75) is 18.6 Å². The Kier molecular flexibility index (Phi) is 4.94. The van der Waals surface area contributed by atoms with Gasteiger partial charge >= 0.3 is 0 Å². The predicted octanol–water partition coefficient (Wildman–Crippen LogP) is -0.634. The van der Waals surface area contributed by atoms with E-state index in [0.29, 0.717) is 5.56 Å². The Balaban J connectivity index is 2.10. The van der Waals surface area contributed by atoms with E-state index < -0.39 is 18.1 Å². The molecule has 20 heavy (non-hydrogen) atoms. The number of carbonyl (C=O) groups is 1. The average molecular weight is 279 g/mol. The maximum Gasteiger partial charge on any atom is 0.220 e. The summed E-state index contributed by atoms with van der Waals surface area (Å²) in [6.45, 7) is 3.67. The number of primary amides is 1. The number of carbonyl (C=O) groups excluding carboxylic acids is 1. The number of nitrogens with one attached hydrogen (secondary N) is 1. The van der Waals surface area contributed by atoms with Crippen LogP contribution in [0.2, 0.25) is 0 Å². The Hall–Kier alpha value is -1.63. The zero-order valence-corrected chi connectivity index (χ0v) is 11.3. The molecule has 2 unspecified atom stereocenters. The lowest BCUT2D eigenvalue weighted by atomic mass is 10.0. The van der Waals surface area contributed by atoms with Crippen LogP contribution in [0.4, 0.5) is 5.69 Å². The minimum atomic E-state index is -1.18. The molecule has 6 heteroatoms. The minimum absolute atomic E-state index is 0.251. The first kappa shape index (κ1) is 14.8. The van der Waals surface area contributed by atoms with Crippen molar-refractivity contribution in [3.8, 4) is 0 Å². The second-order valence-corrected chi connectivity index (χ2v) is 5.01. The SMILES string of the molecule is NC(=O)CC(O)C(O)c1cccc(N2CCNCC2)c1. The number of nitrogens with two attached hydrogens (primary N) is 1. The highest BCUT2D eigenvalue weighted by atomic mass is 16.3. The lowest BCUT2D eigenvalue weighted by molar-refractivity contribution is -0.121. The first-order valence-electron chi connectivity index (χ1n) is 6.78. The number of rotatable bonds is 5. The molecular weight excluding hydrogens is 258 g/mol. The van der Waals surface area contributed by atoms with Crippen molar-refractivity contribution in [1.82, 2.24) is 5.32 Å². The Morgan fingerprint density at radius 2 is 2.05 bits per heavy atom. The van der Waals surface area contributed by atoms with Gasteiger partial charge in [0.1, 0.15) is 6.10 Å². The highest BCUT2D eigenvalue weighted by Gasteiger charge is 2.21. The number of hydrogen-bond acceptors (Lipinski definition) is 5. The molecule has 110 valence electrons. The summed E-state index contributed by atoms with van der Waals surface area (Å²) in [6, 6.07) is 7.40. The van der Waals surface area contributed by atoms with Crippen LogP contribution in [0.5, 0.6) is 0 Å². The molecule has 1 aliphatic rings. The van der Waals surface area contributed by atoms with Crippen LogP contribution in [0.15, 0.2) is 24.3 Å². The summed E-state index contributed by atoms with van der Waals surface area (Å²) in [5.41, 5.74) is 6.63. The molecule has 0 aliphatic carbocycles. The van der Waals surface area contributed by atoms with E-state index in [2.05, 4.69) is 10.2 Å². The predicted molar refractivity (Wildman–Crippen MR) is 76.3 cm³/mol. The topological polar surface area (TPSA) is 98.8 Å². The molecule has 0 aromatic heterocycles. The van der Waals surface area contributed by atoms with Gasteiger partial charge in [0.2, 0.25) is 5.91 Å². The lowest BCUT2D eigenvalue weighted by Gasteiger charge is -2.30. The van der Waals surface area contributed by atoms with Crippen LogP contribution < -0.4 is 16.0 Å². The smallest absolute Gasteiger partial charge is 0.220 e. The minimum Gasteiger partial charge on any atom is -0.390 e. The second kappa shape index (κ2) is 6.69. The molecule has 1 aliphatic heterocycles. The Morgan fingerprint density at radius 1 is 1.35 bits per heavy atom. The molecular formula is C14H21N3O3. The Bertz CT molecular complexity index is 461. The number of amides is 1. The number of hydrogen-bond donors (Lipinski definition) is 4. The van der Waals surface area contributed by atoms with Crippen LogP contribution in [0.1, 0.15) is 18.1 Å². The number of benzene rings is 1. The van der Waals surface area contributed by atoms with Crippen molar-refractivity contribution in [3.63, 3.8) is 0 Å². The van der Waals surface area contributed by atoms with E-state index in [9.17, 15) is 15.0 Å². The number of anilines is 1. The molecule has 0 radical (unpaired) electrons. The van der Waals surface area contributed by atoms with Gasteiger partial charge in [0, 0.05) is 31.9 Å². The number of aliphatic hydroxyl groups excluding tert-OH is 2. The zero-order chi connectivity index (χ0) is 14.5. The monoisotopic (exact) mass is 279 g/mol. The highest BCUT2D eigenvalue weighted by Crippen LogP contribution is 2.24. The van der Waals surface area contributed by atoms with Gasteiger partial charge in [-0.25, -0.2) is 0 Å². The van der Waals surface area contributed by atoms with Crippen LogP contribution in [-0.2, 0) is 4.79 Å². The fraction of sp³-hybridized carbons (Fsp3) is 0.500. The fourth-order valence-corrected chi connectivity index (χ4v) is 2.37. The van der Waals surface area contributed by atoms with Crippen molar-refractivity contribution in [3.05, 3.63) is 29.8 Å². The lowest BCUT2D eigenvalue weighted by Crippen LogP contribution is -2.43. The van der Waals surface area contributed by atoms with Gasteiger partial charge in [-0.05, 0) is 17.7 Å². The van der Waals surface area contributed by atoms with Crippen LogP contribution in [0, 0.1) is 0 Å². The van der Waals surface area contributed by atoms with E-state index >= 15 is 0 Å². The van der Waals surface area contributed by atoms with Gasteiger partial charge in [-0.2, -0.15) is 0 Å². The molecule has 6 nitrogen and oxygen atoms in total. The highest BCUT2D eigenvalue weighted by molar-refractivity contribution is 5.74. The van der Waals surface area contributed by atoms with E-state index in [4.69, 9.17) is 5.73 Å². The van der Waals surface area contributed by atoms with Gasteiger partial charge in [0.15, 0.2) is 0 Å². The molecule has 1 saturated heterocycles. The summed E-state index contributed by atoms with van der Waals surface area (Å²) in [4.78, 5) is 13.0. The number of nitrogens with zero attached hydrogens (tertiary/aromatic N) is 1. The summed E-state index contributed by atoms with van der Waals surface area (Å²) in [6.07, 6.45) is -2.53. The van der Waals surface area contributed by atoms with Crippen molar-refractivity contribution in [2.75, 3.05) is 31.1 Å². The van der Waals surface area contributed by atoms with Crippen molar-refractivity contribution in [2.24, 2.45) is 5.73 Å². The summed E-state index contributed by atoms with van der Waals surface area (Å²) < 4.78 is 0. The number of aliphatic hydroxyl groups is 2. The molecule has 0 saturated carbocycles. The standard InChI is InChI=1S/C14H21N3O3/c15-13(19)9-12(18)14(20)10-2-1-3-11(8-10)17-6-4-16-5-7-17/h1-3,8,12,14,16,18,20H,4-7,9H2,(H2,15,19). The molecule has 1 aromatic carbocycles. The summed E-state index contributed by atoms with van der Waals surface area (Å²) >= 11 is 0. The van der Waals surface area contributed by atoms with Crippen LogP contribution in [0.3, 0.4) is 0 Å². The maximum atomic E-state index is 10.8. The third-order valence-electron chi connectivity index (χ3n) is 3.47.